The number of hydrogen-bond acceptors (Lipinski definition) is 3. The molecular weight excluding hydrogens is 444 g/mol. The van der Waals surface area contributed by atoms with Crippen LogP contribution in [-0.4, -0.2) is 34.1 Å². The highest BCUT2D eigenvalue weighted by atomic mass is 16.3. The Morgan fingerprint density at radius 2 is 1.25 bits per heavy atom. The Bertz CT molecular complexity index is 782. The summed E-state index contributed by atoms with van der Waals surface area (Å²) in [4.78, 5) is 0. The number of terminal acetylenes is 1. The van der Waals surface area contributed by atoms with Gasteiger partial charge in [-0.3, -0.25) is 0 Å². The highest BCUT2D eigenvalue weighted by Crippen LogP contribution is 2.12. The molecule has 0 saturated carbocycles. The Hall–Kier alpha value is -2.40. The predicted octanol–water partition coefficient (Wildman–Crippen LogP) is 6.48. The number of unbranched alkanes of at least 4 members (excludes halogenated alkanes) is 15. The lowest BCUT2D eigenvalue weighted by Gasteiger charge is -2.04. The molecule has 0 aliphatic rings. The predicted molar refractivity (Wildman–Crippen MR) is 153 cm³/mol. The molecule has 0 aromatic carbocycles. The first-order chi connectivity index (χ1) is 17.7. The molecule has 0 amide bonds. The van der Waals surface area contributed by atoms with Gasteiger partial charge in [0.25, 0.3) is 0 Å². The highest BCUT2D eigenvalue weighted by molar-refractivity contribution is 5.27. The van der Waals surface area contributed by atoms with Crippen molar-refractivity contribution in [3.8, 4) is 47.9 Å². The Labute approximate surface area is 221 Å². The molecule has 3 nitrogen and oxygen atoms in total. The second-order valence-electron chi connectivity index (χ2n) is 9.07. The molecule has 3 N–H and O–H groups in total. The smallest absolute Gasteiger partial charge is 0.133 e. The quantitative estimate of drug-likeness (QED) is 0.104. The molecule has 0 aromatic rings. The van der Waals surface area contributed by atoms with Crippen molar-refractivity contribution in [2.45, 2.75) is 128 Å². The fourth-order valence-electron chi connectivity index (χ4n) is 3.67. The van der Waals surface area contributed by atoms with Gasteiger partial charge in [0.2, 0.25) is 0 Å². The van der Waals surface area contributed by atoms with Crippen LogP contribution >= 0.6 is 0 Å². The zero-order valence-corrected chi connectivity index (χ0v) is 22.3. The normalized spacial score (nSPS) is 12.2. The van der Waals surface area contributed by atoms with Gasteiger partial charge in [0, 0.05) is 6.42 Å². The van der Waals surface area contributed by atoms with E-state index in [1.807, 2.05) is 12.2 Å². The molecule has 3 heteroatoms. The maximum Gasteiger partial charge on any atom is 0.133 e. The zero-order valence-electron chi connectivity index (χ0n) is 22.3. The fraction of sp³-hybridized carbons (Fsp3) is 0.636. The molecule has 2 atom stereocenters. The van der Waals surface area contributed by atoms with Gasteiger partial charge in [0.1, 0.15) is 18.8 Å². The summed E-state index contributed by atoms with van der Waals surface area (Å²) in [6.45, 7) is -0.192. The second-order valence-corrected chi connectivity index (χ2v) is 9.07. The summed E-state index contributed by atoms with van der Waals surface area (Å²) in [5.74, 6) is 18.9. The molecular formula is C33H48O3. The van der Waals surface area contributed by atoms with E-state index in [9.17, 15) is 10.2 Å². The topological polar surface area (TPSA) is 60.7 Å². The van der Waals surface area contributed by atoms with Crippen molar-refractivity contribution >= 4 is 0 Å². The number of hydrogen-bond donors (Lipinski definition) is 3. The molecule has 198 valence electrons. The Morgan fingerprint density at radius 1 is 0.667 bits per heavy atom. The lowest BCUT2D eigenvalue weighted by Crippen LogP contribution is -2.01. The van der Waals surface area contributed by atoms with Crippen LogP contribution < -0.4 is 0 Å². The highest BCUT2D eigenvalue weighted by Gasteiger charge is 1.99. The number of allylic oxidation sites excluding steroid dienone is 3. The van der Waals surface area contributed by atoms with Gasteiger partial charge in [-0.05, 0) is 68.9 Å². The van der Waals surface area contributed by atoms with Gasteiger partial charge in [0.05, 0.1) is 0 Å². The summed E-state index contributed by atoms with van der Waals surface area (Å²) in [5, 5.41) is 27.4. The zero-order chi connectivity index (χ0) is 26.4. The summed E-state index contributed by atoms with van der Waals surface area (Å²) < 4.78 is 0. The van der Waals surface area contributed by atoms with Crippen LogP contribution in [0.1, 0.15) is 116 Å². The molecule has 2 unspecified atom stereocenters. The fourth-order valence-corrected chi connectivity index (χ4v) is 3.67. The van der Waals surface area contributed by atoms with Crippen LogP contribution in [0.4, 0.5) is 0 Å². The first-order valence-corrected chi connectivity index (χ1v) is 13.9. The van der Waals surface area contributed by atoms with Crippen LogP contribution in [0.15, 0.2) is 24.3 Å². The third-order valence-corrected chi connectivity index (χ3v) is 5.78. The molecule has 0 heterocycles. The molecule has 0 saturated heterocycles. The van der Waals surface area contributed by atoms with Crippen molar-refractivity contribution in [1.82, 2.24) is 0 Å². The van der Waals surface area contributed by atoms with E-state index in [-0.39, 0.29) is 6.61 Å². The van der Waals surface area contributed by atoms with Gasteiger partial charge in [0.15, 0.2) is 0 Å². The Kier molecular flexibility index (Phi) is 26.9. The largest absolute Gasteiger partial charge is 0.384 e. The van der Waals surface area contributed by atoms with Crippen molar-refractivity contribution in [2.24, 2.45) is 0 Å². The molecule has 36 heavy (non-hydrogen) atoms. The average Bonchev–Trinajstić information content (AvgIpc) is 2.88. The minimum Gasteiger partial charge on any atom is -0.384 e. The second kappa shape index (κ2) is 28.8. The van der Waals surface area contributed by atoms with E-state index in [1.54, 1.807) is 6.08 Å². The van der Waals surface area contributed by atoms with E-state index in [0.717, 1.165) is 38.5 Å². The van der Waals surface area contributed by atoms with E-state index in [2.05, 4.69) is 47.5 Å². The average molecular weight is 493 g/mol. The summed E-state index contributed by atoms with van der Waals surface area (Å²) in [6.07, 6.45) is 32.5. The molecule has 0 aromatic heterocycles. The van der Waals surface area contributed by atoms with E-state index in [4.69, 9.17) is 11.5 Å². The van der Waals surface area contributed by atoms with Crippen molar-refractivity contribution in [1.29, 1.82) is 0 Å². The van der Waals surface area contributed by atoms with Crippen LogP contribution in [0.3, 0.4) is 0 Å². The monoisotopic (exact) mass is 492 g/mol. The molecule has 0 radical (unpaired) electrons. The SMILES string of the molecule is C#CC(O)/C=C/CCCCCCCC#C/C=C\CCCCCCCCCCCC(O)C#CC#CCO. The number of rotatable bonds is 20. The molecule has 0 aliphatic carbocycles. The van der Waals surface area contributed by atoms with Crippen LogP contribution in [-0.2, 0) is 0 Å². The minimum absolute atomic E-state index is 0.192. The van der Waals surface area contributed by atoms with Crippen LogP contribution in [0.25, 0.3) is 0 Å². The van der Waals surface area contributed by atoms with Crippen molar-refractivity contribution in [3.05, 3.63) is 24.3 Å². The third-order valence-electron chi connectivity index (χ3n) is 5.78. The first-order valence-electron chi connectivity index (χ1n) is 13.9. The van der Waals surface area contributed by atoms with Gasteiger partial charge in [-0.25, -0.2) is 0 Å². The molecule has 0 spiro atoms. The summed E-state index contributed by atoms with van der Waals surface area (Å²) in [6, 6.07) is 0. The van der Waals surface area contributed by atoms with Gasteiger partial charge >= 0.3 is 0 Å². The molecule has 0 aliphatic heterocycles. The van der Waals surface area contributed by atoms with Crippen LogP contribution in [0.5, 0.6) is 0 Å². The van der Waals surface area contributed by atoms with E-state index in [0.29, 0.717) is 6.42 Å². The van der Waals surface area contributed by atoms with E-state index >= 15 is 0 Å². The lowest BCUT2D eigenvalue weighted by molar-refractivity contribution is 0.217. The van der Waals surface area contributed by atoms with Crippen LogP contribution in [0.2, 0.25) is 0 Å². The first kappa shape index (κ1) is 33.6. The van der Waals surface area contributed by atoms with Crippen LogP contribution in [0, 0.1) is 47.9 Å². The Balaban J connectivity index is 3.36. The molecule has 0 bridgehead atoms. The summed E-state index contributed by atoms with van der Waals surface area (Å²) in [5.41, 5.74) is 0. The standard InChI is InChI=1S/C33H48O3/c1-2-32(35)28-24-21-19-17-15-13-11-9-7-5-3-4-6-8-10-12-14-16-18-20-22-25-29-33(36)30-26-23-27-31-34/h1,3-4,24,28,32-36H,6,8-22,25,29,31H2/b4-3-,28-24+. The number of aliphatic hydroxyl groups is 3. The van der Waals surface area contributed by atoms with Gasteiger partial charge < -0.3 is 15.3 Å². The minimum atomic E-state index is -0.740. The molecule has 0 fully saturated rings. The van der Waals surface area contributed by atoms with Crippen molar-refractivity contribution in [3.63, 3.8) is 0 Å². The van der Waals surface area contributed by atoms with Gasteiger partial charge in [-0.15, -0.1) is 6.42 Å². The van der Waals surface area contributed by atoms with Crippen molar-refractivity contribution < 1.29 is 15.3 Å². The van der Waals surface area contributed by atoms with E-state index in [1.165, 1.54) is 70.6 Å². The third kappa shape index (κ3) is 27.8. The maximum absolute atomic E-state index is 9.71. The summed E-state index contributed by atoms with van der Waals surface area (Å²) in [7, 11) is 0. The summed E-state index contributed by atoms with van der Waals surface area (Å²) >= 11 is 0. The van der Waals surface area contributed by atoms with Gasteiger partial charge in [-0.1, -0.05) is 106 Å². The van der Waals surface area contributed by atoms with E-state index < -0.39 is 12.2 Å². The van der Waals surface area contributed by atoms with Crippen molar-refractivity contribution in [2.75, 3.05) is 6.61 Å². The Morgan fingerprint density at radius 3 is 1.89 bits per heavy atom. The lowest BCUT2D eigenvalue weighted by atomic mass is 10.0. The maximum atomic E-state index is 9.71. The molecule has 0 rings (SSSR count). The number of aliphatic hydroxyl groups excluding tert-OH is 3. The van der Waals surface area contributed by atoms with Gasteiger partial charge in [-0.2, -0.15) is 0 Å².